The molecule has 0 radical (unpaired) electrons. The fourth-order valence-corrected chi connectivity index (χ4v) is 2.96. The van der Waals surface area contributed by atoms with Crippen LogP contribution in [0.15, 0.2) is 42.5 Å². The molecule has 0 fully saturated rings. The number of fused-ring (bicyclic) bond motifs is 1. The summed E-state index contributed by atoms with van der Waals surface area (Å²) in [6.07, 6.45) is 0. The van der Waals surface area contributed by atoms with Crippen molar-refractivity contribution in [2.75, 3.05) is 5.32 Å². The topological polar surface area (TPSA) is 66.5 Å². The van der Waals surface area contributed by atoms with Crippen LogP contribution in [0, 0.1) is 0 Å². The van der Waals surface area contributed by atoms with Crippen molar-refractivity contribution in [1.82, 2.24) is 4.90 Å². The molecule has 0 aliphatic carbocycles. The van der Waals surface area contributed by atoms with Crippen LogP contribution in [0.1, 0.15) is 27.6 Å². The first-order chi connectivity index (χ1) is 11.4. The maximum absolute atomic E-state index is 12.4. The highest BCUT2D eigenvalue weighted by Gasteiger charge is 2.40. The minimum Gasteiger partial charge on any atom is -0.323 e. The van der Waals surface area contributed by atoms with Crippen LogP contribution in [0.4, 0.5) is 5.69 Å². The Kier molecular flexibility index (Phi) is 4.30. The number of hydrogen-bond donors (Lipinski definition) is 1. The second-order valence-electron chi connectivity index (χ2n) is 5.32. The molecule has 1 aliphatic heterocycles. The van der Waals surface area contributed by atoms with Crippen molar-refractivity contribution in [3.05, 3.63) is 63.6 Å². The van der Waals surface area contributed by atoms with Gasteiger partial charge in [-0.3, -0.25) is 19.3 Å². The third-order valence-corrected chi connectivity index (χ3v) is 4.33. The number of benzene rings is 2. The minimum atomic E-state index is -0.982. The standard InChI is InChI=1S/C17H12Cl2N2O3/c1-9(15(22)20-14-7-6-10(18)8-13(14)19)21-16(23)11-4-2-3-5-12(11)17(21)24/h2-9H,1H3,(H,20,22). The van der Waals surface area contributed by atoms with Crippen LogP contribution in [-0.2, 0) is 4.79 Å². The number of carbonyl (C=O) groups excluding carboxylic acids is 3. The second kappa shape index (κ2) is 6.26. The Morgan fingerprint density at radius 3 is 2.17 bits per heavy atom. The normalized spacial score (nSPS) is 14.5. The summed E-state index contributed by atoms with van der Waals surface area (Å²) in [5.74, 6) is -1.49. The molecule has 0 spiro atoms. The molecule has 0 bridgehead atoms. The van der Waals surface area contributed by atoms with Crippen molar-refractivity contribution in [2.24, 2.45) is 0 Å². The summed E-state index contributed by atoms with van der Waals surface area (Å²) in [7, 11) is 0. The van der Waals surface area contributed by atoms with Gasteiger partial charge in [-0.25, -0.2) is 0 Å². The third kappa shape index (κ3) is 2.77. The number of hydrogen-bond acceptors (Lipinski definition) is 3. The highest BCUT2D eigenvalue weighted by Crippen LogP contribution is 2.27. The fourth-order valence-electron chi connectivity index (χ4n) is 2.50. The largest absolute Gasteiger partial charge is 0.323 e. The Morgan fingerprint density at radius 1 is 1.04 bits per heavy atom. The molecule has 122 valence electrons. The average Bonchev–Trinajstić information content (AvgIpc) is 2.81. The second-order valence-corrected chi connectivity index (χ2v) is 6.16. The highest BCUT2D eigenvalue weighted by atomic mass is 35.5. The molecule has 0 saturated carbocycles. The van der Waals surface area contributed by atoms with Crippen LogP contribution in [-0.4, -0.2) is 28.7 Å². The van der Waals surface area contributed by atoms with Gasteiger partial charge in [0.25, 0.3) is 11.8 Å². The molecule has 7 heteroatoms. The highest BCUT2D eigenvalue weighted by molar-refractivity contribution is 6.36. The van der Waals surface area contributed by atoms with Crippen LogP contribution >= 0.6 is 23.2 Å². The molecule has 0 aromatic heterocycles. The van der Waals surface area contributed by atoms with E-state index in [9.17, 15) is 14.4 Å². The van der Waals surface area contributed by atoms with E-state index in [0.29, 0.717) is 21.8 Å². The van der Waals surface area contributed by atoms with Gasteiger partial charge < -0.3 is 5.32 Å². The number of anilines is 1. The lowest BCUT2D eigenvalue weighted by molar-refractivity contribution is -0.119. The predicted molar refractivity (Wildman–Crippen MR) is 91.5 cm³/mol. The van der Waals surface area contributed by atoms with E-state index in [4.69, 9.17) is 23.2 Å². The lowest BCUT2D eigenvalue weighted by Crippen LogP contribution is -2.45. The van der Waals surface area contributed by atoms with E-state index in [1.54, 1.807) is 36.4 Å². The molecular formula is C17H12Cl2N2O3. The fraction of sp³-hybridized carbons (Fsp3) is 0.118. The van der Waals surface area contributed by atoms with Crippen LogP contribution in [0.5, 0.6) is 0 Å². The number of imide groups is 1. The maximum atomic E-state index is 12.4. The number of nitrogens with zero attached hydrogens (tertiary/aromatic N) is 1. The zero-order valence-corrected chi connectivity index (χ0v) is 14.1. The van der Waals surface area contributed by atoms with Crippen molar-refractivity contribution in [2.45, 2.75) is 13.0 Å². The predicted octanol–water partition coefficient (Wildman–Crippen LogP) is 3.62. The summed E-state index contributed by atoms with van der Waals surface area (Å²) in [6, 6.07) is 10.1. The van der Waals surface area contributed by atoms with Crippen molar-refractivity contribution in [3.8, 4) is 0 Å². The van der Waals surface area contributed by atoms with Crippen molar-refractivity contribution in [1.29, 1.82) is 0 Å². The number of halogens is 2. The van der Waals surface area contributed by atoms with Gasteiger partial charge in [-0.15, -0.1) is 0 Å². The van der Waals surface area contributed by atoms with Crippen LogP contribution in [0.3, 0.4) is 0 Å². The van der Waals surface area contributed by atoms with Crippen molar-refractivity contribution < 1.29 is 14.4 Å². The lowest BCUT2D eigenvalue weighted by atomic mass is 10.1. The van der Waals surface area contributed by atoms with Crippen LogP contribution < -0.4 is 5.32 Å². The third-order valence-electron chi connectivity index (χ3n) is 3.78. The Hall–Kier alpha value is -2.37. The summed E-state index contributed by atoms with van der Waals surface area (Å²) in [6.45, 7) is 1.49. The maximum Gasteiger partial charge on any atom is 0.262 e. The molecule has 3 rings (SSSR count). The first-order valence-corrected chi connectivity index (χ1v) is 7.88. The Labute approximate surface area is 148 Å². The molecule has 5 nitrogen and oxygen atoms in total. The van der Waals surface area contributed by atoms with E-state index >= 15 is 0 Å². The van der Waals surface area contributed by atoms with E-state index in [0.717, 1.165) is 4.90 Å². The lowest BCUT2D eigenvalue weighted by Gasteiger charge is -2.22. The van der Waals surface area contributed by atoms with E-state index in [-0.39, 0.29) is 5.02 Å². The number of nitrogens with one attached hydrogen (secondary N) is 1. The quantitative estimate of drug-likeness (QED) is 0.848. The summed E-state index contributed by atoms with van der Waals surface area (Å²) in [4.78, 5) is 38.2. The van der Waals surface area contributed by atoms with Gasteiger partial charge in [0.15, 0.2) is 0 Å². The minimum absolute atomic E-state index is 0.269. The molecule has 1 unspecified atom stereocenters. The molecule has 24 heavy (non-hydrogen) atoms. The Bertz CT molecular complexity index is 832. The zero-order valence-electron chi connectivity index (χ0n) is 12.5. The summed E-state index contributed by atoms with van der Waals surface area (Å²) < 4.78 is 0. The summed E-state index contributed by atoms with van der Waals surface area (Å²) in [5, 5.41) is 3.31. The molecule has 1 aliphatic rings. The smallest absolute Gasteiger partial charge is 0.262 e. The van der Waals surface area contributed by atoms with E-state index in [1.807, 2.05) is 0 Å². The van der Waals surface area contributed by atoms with Gasteiger partial charge in [0.2, 0.25) is 5.91 Å². The van der Waals surface area contributed by atoms with Crippen molar-refractivity contribution in [3.63, 3.8) is 0 Å². The molecular weight excluding hydrogens is 351 g/mol. The number of amides is 3. The number of carbonyl (C=O) groups is 3. The molecule has 2 aromatic carbocycles. The van der Waals surface area contributed by atoms with Crippen LogP contribution in [0.2, 0.25) is 10.0 Å². The molecule has 2 aromatic rings. The Balaban J connectivity index is 1.82. The monoisotopic (exact) mass is 362 g/mol. The first kappa shape index (κ1) is 16.5. The molecule has 0 saturated heterocycles. The molecule has 1 atom stereocenters. The van der Waals surface area contributed by atoms with E-state index in [2.05, 4.69) is 5.32 Å². The van der Waals surface area contributed by atoms with E-state index < -0.39 is 23.8 Å². The molecule has 1 heterocycles. The van der Waals surface area contributed by atoms with Gasteiger partial charge in [-0.05, 0) is 37.3 Å². The molecule has 1 N–H and O–H groups in total. The van der Waals surface area contributed by atoms with Gasteiger partial charge in [0.1, 0.15) is 6.04 Å². The van der Waals surface area contributed by atoms with Gasteiger partial charge in [-0.2, -0.15) is 0 Å². The van der Waals surface area contributed by atoms with Gasteiger partial charge >= 0.3 is 0 Å². The van der Waals surface area contributed by atoms with Gasteiger partial charge in [0.05, 0.1) is 21.8 Å². The van der Waals surface area contributed by atoms with E-state index in [1.165, 1.54) is 13.0 Å². The van der Waals surface area contributed by atoms with Gasteiger partial charge in [0, 0.05) is 5.02 Å². The summed E-state index contributed by atoms with van der Waals surface area (Å²) in [5.41, 5.74) is 0.952. The van der Waals surface area contributed by atoms with Crippen molar-refractivity contribution >= 4 is 46.6 Å². The van der Waals surface area contributed by atoms with Gasteiger partial charge in [-0.1, -0.05) is 35.3 Å². The SMILES string of the molecule is CC(C(=O)Nc1ccc(Cl)cc1Cl)N1C(=O)c2ccccc2C1=O. The number of rotatable bonds is 3. The zero-order chi connectivity index (χ0) is 17.4. The average molecular weight is 363 g/mol. The Morgan fingerprint density at radius 2 is 1.62 bits per heavy atom. The van der Waals surface area contributed by atoms with Crippen LogP contribution in [0.25, 0.3) is 0 Å². The summed E-state index contributed by atoms with van der Waals surface area (Å²) >= 11 is 11.8. The molecule has 3 amide bonds. The first-order valence-electron chi connectivity index (χ1n) is 7.13.